The van der Waals surface area contributed by atoms with Gasteiger partial charge in [0.25, 0.3) is 5.01 Å². The van der Waals surface area contributed by atoms with Gasteiger partial charge in [-0.3, -0.25) is 0 Å². The molecule has 0 fully saturated rings. The molecule has 3 rings (SSSR count). The Labute approximate surface area is 199 Å². The van der Waals surface area contributed by atoms with Crippen molar-refractivity contribution in [1.29, 1.82) is 0 Å². The summed E-state index contributed by atoms with van der Waals surface area (Å²) in [6, 6.07) is 14.5. The van der Waals surface area contributed by atoms with Gasteiger partial charge in [0.2, 0.25) is 5.52 Å². The van der Waals surface area contributed by atoms with Gasteiger partial charge in [0, 0.05) is 30.4 Å². The first-order valence-corrected chi connectivity index (χ1v) is 11.6. The van der Waals surface area contributed by atoms with E-state index in [4.69, 9.17) is 0 Å². The van der Waals surface area contributed by atoms with E-state index in [-0.39, 0.29) is 17.0 Å². The van der Waals surface area contributed by atoms with Gasteiger partial charge in [-0.05, 0) is 49.6 Å². The summed E-state index contributed by atoms with van der Waals surface area (Å²) in [5.41, 5.74) is 4.06. The van der Waals surface area contributed by atoms with Crippen LogP contribution in [0.5, 0.6) is 0 Å². The number of halogens is 1. The van der Waals surface area contributed by atoms with Gasteiger partial charge in [-0.15, -0.1) is 0 Å². The van der Waals surface area contributed by atoms with Crippen LogP contribution in [0.4, 0.5) is 10.5 Å². The maximum atomic E-state index is 11.9. The Bertz CT molecular complexity index is 1020. The number of thiazole rings is 1. The van der Waals surface area contributed by atoms with Crippen LogP contribution >= 0.6 is 11.3 Å². The molecule has 1 N–H and O–H groups in total. The smallest absolute Gasteiger partial charge is 0.601 e. The van der Waals surface area contributed by atoms with E-state index in [1.807, 2.05) is 37.3 Å². The fraction of sp³-hybridized carbons (Fsp3) is 0.360. The van der Waals surface area contributed by atoms with Crippen LogP contribution in [0.25, 0.3) is 22.4 Å². The van der Waals surface area contributed by atoms with Crippen LogP contribution in [0.1, 0.15) is 55.7 Å². The summed E-state index contributed by atoms with van der Waals surface area (Å²) in [5.74, 6) is 0. The quantitative estimate of drug-likeness (QED) is 0.454. The second-order valence-electron chi connectivity index (χ2n) is 7.60. The average molecular weight is 504 g/mol. The standard InChI is InChI=1S/C25H30N2O2S.BrH/c1-4-6-17-26(18-7-5-2)21-14-11-20(12-15-21)13-16-23-27(25(28)29)24-19(3)9-8-10-22(24)30-23;/h8-16H,4-7,17-18H2,1-3H3;1H. The number of rotatable bonds is 9. The molecule has 3 aromatic rings. The van der Waals surface area contributed by atoms with Crippen molar-refractivity contribution < 1.29 is 31.4 Å². The van der Waals surface area contributed by atoms with Crippen molar-refractivity contribution in [3.05, 3.63) is 58.6 Å². The SMILES string of the molecule is CCCCN(CCCC)c1ccc(C=Cc2sc3cccc(C)c3[n+]2C(=O)O)cc1.[Br-]. The van der Waals surface area contributed by atoms with E-state index in [9.17, 15) is 9.90 Å². The van der Waals surface area contributed by atoms with E-state index >= 15 is 0 Å². The third-order valence-corrected chi connectivity index (χ3v) is 6.37. The molecule has 0 amide bonds. The van der Waals surface area contributed by atoms with Crippen LogP contribution in [0.3, 0.4) is 0 Å². The molecule has 0 spiro atoms. The summed E-state index contributed by atoms with van der Waals surface area (Å²) in [6.45, 7) is 8.58. The highest BCUT2D eigenvalue weighted by atomic mass is 79.9. The van der Waals surface area contributed by atoms with Crippen LogP contribution in [0.2, 0.25) is 0 Å². The molecular formula is C25H31BrN2O2S. The van der Waals surface area contributed by atoms with Crippen molar-refractivity contribution in [1.82, 2.24) is 0 Å². The highest BCUT2D eigenvalue weighted by Crippen LogP contribution is 2.25. The van der Waals surface area contributed by atoms with Crippen molar-refractivity contribution in [2.75, 3.05) is 18.0 Å². The van der Waals surface area contributed by atoms with Crippen LogP contribution in [-0.4, -0.2) is 24.3 Å². The minimum Gasteiger partial charge on any atom is -1.00 e. The van der Waals surface area contributed by atoms with E-state index in [0.717, 1.165) is 34.4 Å². The maximum absolute atomic E-state index is 11.9. The molecule has 0 saturated carbocycles. The van der Waals surface area contributed by atoms with Gasteiger partial charge in [0.1, 0.15) is 4.70 Å². The number of nitrogens with zero attached hydrogens (tertiary/aromatic N) is 2. The number of fused-ring (bicyclic) bond motifs is 1. The zero-order valence-electron chi connectivity index (χ0n) is 18.5. The van der Waals surface area contributed by atoms with Crippen LogP contribution in [0, 0.1) is 6.92 Å². The Kier molecular flexibility index (Phi) is 9.72. The van der Waals surface area contributed by atoms with Crippen molar-refractivity contribution in [2.45, 2.75) is 46.5 Å². The minimum absolute atomic E-state index is 0. The van der Waals surface area contributed by atoms with Gasteiger partial charge in [0.15, 0.2) is 0 Å². The third kappa shape index (κ3) is 6.17. The summed E-state index contributed by atoms with van der Waals surface area (Å²) >= 11 is 1.50. The lowest BCUT2D eigenvalue weighted by atomic mass is 10.1. The average Bonchev–Trinajstić information content (AvgIpc) is 3.13. The van der Waals surface area contributed by atoms with Gasteiger partial charge in [0.05, 0.1) is 0 Å². The van der Waals surface area contributed by atoms with Gasteiger partial charge in [-0.2, -0.15) is 4.79 Å². The number of anilines is 1. The molecule has 1 heterocycles. The molecule has 2 aromatic carbocycles. The lowest BCUT2D eigenvalue weighted by Crippen LogP contribution is -3.00. The number of benzene rings is 2. The van der Waals surface area contributed by atoms with E-state index in [1.165, 1.54) is 47.3 Å². The predicted octanol–water partition coefficient (Wildman–Crippen LogP) is 3.60. The van der Waals surface area contributed by atoms with Crippen molar-refractivity contribution in [3.63, 3.8) is 0 Å². The molecule has 0 radical (unpaired) electrons. The van der Waals surface area contributed by atoms with Crippen molar-refractivity contribution in [3.8, 4) is 0 Å². The Morgan fingerprint density at radius 2 is 1.68 bits per heavy atom. The first-order chi connectivity index (χ1) is 14.5. The molecule has 1 aromatic heterocycles. The summed E-state index contributed by atoms with van der Waals surface area (Å²) < 4.78 is 2.37. The number of para-hydroxylation sites is 1. The zero-order valence-corrected chi connectivity index (χ0v) is 20.9. The number of aryl methyl sites for hydroxylation is 1. The van der Waals surface area contributed by atoms with Crippen LogP contribution in [-0.2, 0) is 0 Å². The Morgan fingerprint density at radius 3 is 2.26 bits per heavy atom. The molecule has 0 aliphatic rings. The Hall–Kier alpha value is -2.18. The second-order valence-corrected chi connectivity index (χ2v) is 8.66. The Morgan fingerprint density at radius 1 is 1.03 bits per heavy atom. The maximum Gasteiger partial charge on any atom is 0.601 e. The summed E-state index contributed by atoms with van der Waals surface area (Å²) in [4.78, 5) is 14.3. The molecule has 0 aliphatic carbocycles. The van der Waals surface area contributed by atoms with E-state index in [1.54, 1.807) is 0 Å². The molecule has 0 unspecified atom stereocenters. The van der Waals surface area contributed by atoms with Gasteiger partial charge >= 0.3 is 6.09 Å². The Balaban J connectivity index is 0.00000341. The fourth-order valence-corrected chi connectivity index (χ4v) is 4.72. The molecule has 31 heavy (non-hydrogen) atoms. The number of carboxylic acid groups (broad SMARTS) is 1. The van der Waals surface area contributed by atoms with Crippen molar-refractivity contribution in [2.24, 2.45) is 0 Å². The van der Waals surface area contributed by atoms with E-state index in [2.05, 4.69) is 43.0 Å². The monoisotopic (exact) mass is 502 g/mol. The fourth-order valence-electron chi connectivity index (χ4n) is 3.60. The second kappa shape index (κ2) is 12.0. The van der Waals surface area contributed by atoms with Crippen LogP contribution < -0.4 is 26.4 Å². The van der Waals surface area contributed by atoms with Crippen LogP contribution in [0.15, 0.2) is 42.5 Å². The number of aromatic nitrogens is 1. The normalized spacial score (nSPS) is 11.1. The molecule has 0 saturated heterocycles. The number of carbonyl (C=O) groups is 1. The number of hydrogen-bond donors (Lipinski definition) is 1. The first-order valence-electron chi connectivity index (χ1n) is 10.8. The van der Waals surface area contributed by atoms with Gasteiger partial charge in [-0.25, -0.2) is 0 Å². The molecule has 0 bridgehead atoms. The summed E-state index contributed by atoms with van der Waals surface area (Å²) in [5, 5.41) is 10.5. The summed E-state index contributed by atoms with van der Waals surface area (Å²) in [6.07, 6.45) is 7.74. The molecule has 6 heteroatoms. The summed E-state index contributed by atoms with van der Waals surface area (Å²) in [7, 11) is 0. The number of hydrogen-bond acceptors (Lipinski definition) is 3. The third-order valence-electron chi connectivity index (χ3n) is 5.29. The van der Waals surface area contributed by atoms with E-state index in [0.29, 0.717) is 5.01 Å². The molecule has 0 aliphatic heterocycles. The lowest BCUT2D eigenvalue weighted by molar-refractivity contribution is -0.554. The molecule has 4 nitrogen and oxygen atoms in total. The highest BCUT2D eigenvalue weighted by molar-refractivity contribution is 7.19. The zero-order chi connectivity index (χ0) is 21.5. The van der Waals surface area contributed by atoms with Crippen molar-refractivity contribution >= 4 is 45.5 Å². The van der Waals surface area contributed by atoms with E-state index < -0.39 is 6.09 Å². The minimum atomic E-state index is -0.951. The van der Waals surface area contributed by atoms with Gasteiger partial charge < -0.3 is 27.0 Å². The molecular weight excluding hydrogens is 472 g/mol. The number of unbranched alkanes of at least 4 members (excludes halogenated alkanes) is 2. The van der Waals surface area contributed by atoms with Gasteiger partial charge in [-0.1, -0.05) is 66.9 Å². The first kappa shape index (κ1) is 25.1. The largest absolute Gasteiger partial charge is 1.00 e. The molecule has 0 atom stereocenters. The topological polar surface area (TPSA) is 44.4 Å². The predicted molar refractivity (Wildman–Crippen MR) is 128 cm³/mol. The molecule has 166 valence electrons. The highest BCUT2D eigenvalue weighted by Gasteiger charge is 2.27. The lowest BCUT2D eigenvalue weighted by Gasteiger charge is -2.24.